The molecule has 1 amide bonds. The van der Waals surface area contributed by atoms with Crippen LogP contribution < -0.4 is 5.32 Å². The van der Waals surface area contributed by atoms with Gasteiger partial charge in [-0.1, -0.05) is 18.6 Å². The molecule has 1 heterocycles. The fourth-order valence-corrected chi connectivity index (χ4v) is 2.34. The number of hydrogen-bond donors (Lipinski definition) is 2. The third kappa shape index (κ3) is 2.65. The number of amides is 1. The monoisotopic (exact) mass is 243 g/mol. The molecule has 0 aromatic heterocycles. The summed E-state index contributed by atoms with van der Waals surface area (Å²) in [6.07, 6.45) is 9.45. The standard InChI is InChI=1S/C15H17NO2/c1-2-3-4-5-7-12-10-11-8-6-9-13(17)14(11)16-15(12)18/h1,6,8-9,12,17H,3-5,7,10H2,(H,16,18). The number of unbranched alkanes of at least 4 members (excludes halogenated alkanes) is 2. The van der Waals surface area contributed by atoms with E-state index in [9.17, 15) is 9.90 Å². The zero-order valence-electron chi connectivity index (χ0n) is 10.3. The number of carbonyl (C=O) groups is 1. The van der Waals surface area contributed by atoms with Gasteiger partial charge in [-0.25, -0.2) is 0 Å². The highest BCUT2D eigenvalue weighted by Crippen LogP contribution is 2.34. The smallest absolute Gasteiger partial charge is 0.227 e. The van der Waals surface area contributed by atoms with Crippen molar-refractivity contribution in [3.8, 4) is 18.1 Å². The molecule has 3 nitrogen and oxygen atoms in total. The number of hydrogen-bond acceptors (Lipinski definition) is 2. The first kappa shape index (κ1) is 12.5. The minimum atomic E-state index is -0.00271. The van der Waals surface area contributed by atoms with Crippen molar-refractivity contribution >= 4 is 11.6 Å². The van der Waals surface area contributed by atoms with Crippen LogP contribution in [0.1, 0.15) is 31.2 Å². The third-order valence-electron chi connectivity index (χ3n) is 3.34. The molecule has 1 aromatic rings. The molecule has 1 aliphatic rings. The second-order valence-corrected chi connectivity index (χ2v) is 4.65. The molecular weight excluding hydrogens is 226 g/mol. The molecule has 0 spiro atoms. The molecule has 0 fully saturated rings. The first-order valence-electron chi connectivity index (χ1n) is 6.27. The van der Waals surface area contributed by atoms with Crippen molar-refractivity contribution in [1.82, 2.24) is 0 Å². The van der Waals surface area contributed by atoms with Crippen molar-refractivity contribution in [3.63, 3.8) is 0 Å². The van der Waals surface area contributed by atoms with Crippen LogP contribution in [0.5, 0.6) is 5.75 Å². The second kappa shape index (κ2) is 5.59. The van der Waals surface area contributed by atoms with Crippen LogP contribution in [0.3, 0.4) is 0 Å². The first-order valence-corrected chi connectivity index (χ1v) is 6.27. The van der Waals surface area contributed by atoms with Crippen LogP contribution in [0, 0.1) is 18.3 Å². The van der Waals surface area contributed by atoms with E-state index < -0.39 is 0 Å². The number of aromatic hydroxyl groups is 1. The van der Waals surface area contributed by atoms with E-state index in [0.29, 0.717) is 12.1 Å². The van der Waals surface area contributed by atoms with E-state index in [0.717, 1.165) is 31.2 Å². The Morgan fingerprint density at radius 2 is 2.28 bits per heavy atom. The van der Waals surface area contributed by atoms with Crippen LogP contribution in [0.4, 0.5) is 5.69 Å². The molecule has 0 saturated carbocycles. The number of nitrogens with one attached hydrogen (secondary N) is 1. The number of fused-ring (bicyclic) bond motifs is 1. The van der Waals surface area contributed by atoms with Crippen LogP contribution in [-0.2, 0) is 11.2 Å². The topological polar surface area (TPSA) is 49.3 Å². The Hall–Kier alpha value is -1.95. The molecule has 0 radical (unpaired) electrons. The minimum Gasteiger partial charge on any atom is -0.506 e. The molecular formula is C15H17NO2. The number of carbonyl (C=O) groups excluding carboxylic acids is 1. The molecule has 1 aromatic carbocycles. The number of benzene rings is 1. The quantitative estimate of drug-likeness (QED) is 0.485. The molecule has 0 bridgehead atoms. The zero-order valence-corrected chi connectivity index (χ0v) is 10.3. The Kier molecular flexibility index (Phi) is 3.88. The van der Waals surface area contributed by atoms with E-state index in [4.69, 9.17) is 6.42 Å². The maximum Gasteiger partial charge on any atom is 0.227 e. The minimum absolute atomic E-state index is 0.00271. The summed E-state index contributed by atoms with van der Waals surface area (Å²) in [4.78, 5) is 11.9. The number of phenols is 1. The molecule has 0 aliphatic carbocycles. The Morgan fingerprint density at radius 1 is 1.44 bits per heavy atom. The molecule has 3 heteroatoms. The van der Waals surface area contributed by atoms with E-state index >= 15 is 0 Å². The van der Waals surface area contributed by atoms with Gasteiger partial charge in [0.15, 0.2) is 0 Å². The normalized spacial score (nSPS) is 17.7. The highest BCUT2D eigenvalue weighted by molar-refractivity contribution is 5.97. The third-order valence-corrected chi connectivity index (χ3v) is 3.34. The van der Waals surface area contributed by atoms with Gasteiger partial charge in [0.25, 0.3) is 0 Å². The van der Waals surface area contributed by atoms with Crippen LogP contribution in [0.15, 0.2) is 18.2 Å². The predicted octanol–water partition coefficient (Wildman–Crippen LogP) is 2.70. The van der Waals surface area contributed by atoms with Gasteiger partial charge in [0.2, 0.25) is 5.91 Å². The summed E-state index contributed by atoms with van der Waals surface area (Å²) in [7, 11) is 0. The molecule has 1 atom stereocenters. The van der Waals surface area contributed by atoms with Crippen molar-refractivity contribution in [1.29, 1.82) is 0 Å². The maximum atomic E-state index is 11.9. The number of anilines is 1. The van der Waals surface area contributed by atoms with E-state index in [1.165, 1.54) is 0 Å². The summed E-state index contributed by atoms with van der Waals surface area (Å²) in [5, 5.41) is 12.5. The summed E-state index contributed by atoms with van der Waals surface area (Å²) >= 11 is 0. The summed E-state index contributed by atoms with van der Waals surface area (Å²) < 4.78 is 0. The van der Waals surface area contributed by atoms with Gasteiger partial charge in [0.05, 0.1) is 5.69 Å². The Balaban J connectivity index is 2.00. The Bertz CT molecular complexity index is 488. The molecule has 94 valence electrons. The van der Waals surface area contributed by atoms with Gasteiger partial charge >= 0.3 is 0 Å². The SMILES string of the molecule is C#CCCCCC1Cc2cccc(O)c2NC1=O. The summed E-state index contributed by atoms with van der Waals surface area (Å²) in [6, 6.07) is 5.34. The number of phenolic OH excluding ortho intramolecular Hbond substituents is 1. The lowest BCUT2D eigenvalue weighted by Gasteiger charge is -2.25. The fourth-order valence-electron chi connectivity index (χ4n) is 2.34. The molecule has 2 N–H and O–H groups in total. The van der Waals surface area contributed by atoms with Crippen molar-refractivity contribution in [3.05, 3.63) is 23.8 Å². The molecule has 0 saturated heterocycles. The summed E-state index contributed by atoms with van der Waals surface area (Å²) in [5.74, 6) is 2.75. The van der Waals surface area contributed by atoms with E-state index in [1.807, 2.05) is 6.07 Å². The van der Waals surface area contributed by atoms with E-state index in [2.05, 4.69) is 11.2 Å². The molecule has 1 aliphatic heterocycles. The van der Waals surface area contributed by atoms with Gasteiger partial charge in [0, 0.05) is 12.3 Å². The van der Waals surface area contributed by atoms with Crippen molar-refractivity contribution in [2.45, 2.75) is 32.1 Å². The average Bonchev–Trinajstić information content (AvgIpc) is 2.36. The fraction of sp³-hybridized carbons (Fsp3) is 0.400. The van der Waals surface area contributed by atoms with Crippen LogP contribution in [0.2, 0.25) is 0 Å². The van der Waals surface area contributed by atoms with E-state index in [-0.39, 0.29) is 17.6 Å². The second-order valence-electron chi connectivity index (χ2n) is 4.65. The highest BCUT2D eigenvalue weighted by atomic mass is 16.3. The van der Waals surface area contributed by atoms with Crippen molar-refractivity contribution in [2.75, 3.05) is 5.32 Å². The largest absolute Gasteiger partial charge is 0.506 e. The van der Waals surface area contributed by atoms with Crippen molar-refractivity contribution in [2.24, 2.45) is 5.92 Å². The van der Waals surface area contributed by atoms with Crippen LogP contribution >= 0.6 is 0 Å². The highest BCUT2D eigenvalue weighted by Gasteiger charge is 2.26. The predicted molar refractivity (Wildman–Crippen MR) is 71.2 cm³/mol. The van der Waals surface area contributed by atoms with Crippen molar-refractivity contribution < 1.29 is 9.90 Å². The molecule has 18 heavy (non-hydrogen) atoms. The maximum absolute atomic E-state index is 11.9. The average molecular weight is 243 g/mol. The lowest BCUT2D eigenvalue weighted by molar-refractivity contribution is -0.120. The lowest BCUT2D eigenvalue weighted by Crippen LogP contribution is -2.29. The first-order chi connectivity index (χ1) is 8.72. The Labute approximate surface area is 107 Å². The zero-order chi connectivity index (χ0) is 13.0. The summed E-state index contributed by atoms with van der Waals surface area (Å²) in [5.41, 5.74) is 1.58. The number of para-hydroxylation sites is 1. The molecule has 1 unspecified atom stereocenters. The summed E-state index contributed by atoms with van der Waals surface area (Å²) in [6.45, 7) is 0. The van der Waals surface area contributed by atoms with Gasteiger partial charge in [-0.05, 0) is 30.9 Å². The van der Waals surface area contributed by atoms with Gasteiger partial charge in [-0.3, -0.25) is 4.79 Å². The van der Waals surface area contributed by atoms with Gasteiger partial charge < -0.3 is 10.4 Å². The number of rotatable bonds is 4. The van der Waals surface area contributed by atoms with Crippen LogP contribution in [-0.4, -0.2) is 11.0 Å². The lowest BCUT2D eigenvalue weighted by atomic mass is 9.89. The number of terminal acetylenes is 1. The van der Waals surface area contributed by atoms with E-state index in [1.54, 1.807) is 12.1 Å². The van der Waals surface area contributed by atoms with Gasteiger partial charge in [0.1, 0.15) is 5.75 Å². The Morgan fingerprint density at radius 3 is 3.06 bits per heavy atom. The molecule has 2 rings (SSSR count). The van der Waals surface area contributed by atoms with Crippen LogP contribution in [0.25, 0.3) is 0 Å². The van der Waals surface area contributed by atoms with Gasteiger partial charge in [-0.15, -0.1) is 12.3 Å². The van der Waals surface area contributed by atoms with Gasteiger partial charge in [-0.2, -0.15) is 0 Å².